The van der Waals surface area contributed by atoms with Gasteiger partial charge in [-0.15, -0.1) is 0 Å². The van der Waals surface area contributed by atoms with Gasteiger partial charge >= 0.3 is 6.01 Å². The predicted octanol–water partition coefficient (Wildman–Crippen LogP) is 1.70. The van der Waals surface area contributed by atoms with Crippen LogP contribution in [0.5, 0.6) is 6.01 Å². The summed E-state index contributed by atoms with van der Waals surface area (Å²) in [6.07, 6.45) is 6.08. The van der Waals surface area contributed by atoms with Gasteiger partial charge < -0.3 is 10.1 Å². The molecule has 0 saturated heterocycles. The van der Waals surface area contributed by atoms with Crippen molar-refractivity contribution in [2.24, 2.45) is 5.92 Å². The summed E-state index contributed by atoms with van der Waals surface area (Å²) in [7, 11) is 1.57. The van der Waals surface area contributed by atoms with Crippen molar-refractivity contribution in [3.8, 4) is 6.01 Å². The number of nitrogens with zero attached hydrogens (tertiary/aromatic N) is 2. The Morgan fingerprint density at radius 3 is 2.50 bits per heavy atom. The minimum Gasteiger partial charge on any atom is -0.467 e. The van der Waals surface area contributed by atoms with E-state index in [2.05, 4.69) is 22.2 Å². The van der Waals surface area contributed by atoms with E-state index in [1.807, 2.05) is 0 Å². The van der Waals surface area contributed by atoms with Gasteiger partial charge in [-0.1, -0.05) is 6.92 Å². The third kappa shape index (κ3) is 1.78. The van der Waals surface area contributed by atoms with E-state index in [0.717, 1.165) is 11.6 Å². The van der Waals surface area contributed by atoms with Crippen LogP contribution in [-0.4, -0.2) is 23.1 Å². The van der Waals surface area contributed by atoms with Crippen LogP contribution in [0.1, 0.15) is 19.8 Å². The lowest BCUT2D eigenvalue weighted by atomic mass is 9.81. The molecule has 1 aliphatic rings. The zero-order valence-corrected chi connectivity index (χ0v) is 8.53. The molecule has 76 valence electrons. The summed E-state index contributed by atoms with van der Waals surface area (Å²) >= 11 is 0. The Bertz CT molecular complexity index is 299. The quantitative estimate of drug-likeness (QED) is 0.793. The average Bonchev–Trinajstić information content (AvgIpc) is 2.24. The second kappa shape index (κ2) is 3.82. The van der Waals surface area contributed by atoms with E-state index in [-0.39, 0.29) is 0 Å². The van der Waals surface area contributed by atoms with Crippen LogP contribution in [0.4, 0.5) is 5.69 Å². The Morgan fingerprint density at radius 1 is 1.36 bits per heavy atom. The van der Waals surface area contributed by atoms with Crippen molar-refractivity contribution in [3.05, 3.63) is 12.4 Å². The van der Waals surface area contributed by atoms with Gasteiger partial charge in [0.25, 0.3) is 0 Å². The van der Waals surface area contributed by atoms with E-state index in [1.54, 1.807) is 19.5 Å². The van der Waals surface area contributed by atoms with Crippen molar-refractivity contribution in [2.75, 3.05) is 12.4 Å². The highest BCUT2D eigenvalue weighted by Crippen LogP contribution is 2.29. The van der Waals surface area contributed by atoms with Crippen LogP contribution in [-0.2, 0) is 0 Å². The zero-order chi connectivity index (χ0) is 9.97. The van der Waals surface area contributed by atoms with Gasteiger partial charge in [-0.2, -0.15) is 0 Å². The van der Waals surface area contributed by atoms with Gasteiger partial charge in [-0.25, -0.2) is 9.97 Å². The molecule has 1 heterocycles. The van der Waals surface area contributed by atoms with E-state index in [4.69, 9.17) is 4.74 Å². The topological polar surface area (TPSA) is 47.0 Å². The van der Waals surface area contributed by atoms with Crippen molar-refractivity contribution in [2.45, 2.75) is 25.8 Å². The number of hydrogen-bond acceptors (Lipinski definition) is 4. The Hall–Kier alpha value is -1.32. The van der Waals surface area contributed by atoms with E-state index in [1.165, 1.54) is 12.8 Å². The minimum atomic E-state index is 0.414. The third-order valence-corrected chi connectivity index (χ3v) is 2.78. The van der Waals surface area contributed by atoms with Gasteiger partial charge in [0.1, 0.15) is 0 Å². The monoisotopic (exact) mass is 193 g/mol. The first-order valence-electron chi connectivity index (χ1n) is 4.92. The van der Waals surface area contributed by atoms with Crippen molar-refractivity contribution in [1.82, 2.24) is 9.97 Å². The van der Waals surface area contributed by atoms with Gasteiger partial charge in [0, 0.05) is 6.04 Å². The Labute approximate surface area is 83.7 Å². The van der Waals surface area contributed by atoms with Crippen LogP contribution in [0.25, 0.3) is 0 Å². The summed E-state index contributed by atoms with van der Waals surface area (Å²) < 4.78 is 4.89. The van der Waals surface area contributed by atoms with Gasteiger partial charge in [0.15, 0.2) is 0 Å². The molecule has 1 saturated carbocycles. The largest absolute Gasteiger partial charge is 0.467 e. The summed E-state index contributed by atoms with van der Waals surface area (Å²) in [6.45, 7) is 2.26. The molecule has 1 N–H and O–H groups in total. The molecule has 1 fully saturated rings. The molecule has 0 amide bonds. The maximum atomic E-state index is 4.89. The fourth-order valence-electron chi connectivity index (χ4n) is 1.59. The molecule has 2 rings (SSSR count). The molecule has 1 aliphatic carbocycles. The molecule has 0 bridgehead atoms. The summed E-state index contributed by atoms with van der Waals surface area (Å²) in [4.78, 5) is 8.08. The SMILES string of the molecule is COc1ncc(NC2CCC2C)cn1. The Kier molecular flexibility index (Phi) is 2.52. The lowest BCUT2D eigenvalue weighted by Crippen LogP contribution is -2.36. The Balaban J connectivity index is 1.96. The number of methoxy groups -OCH3 is 1. The fourth-order valence-corrected chi connectivity index (χ4v) is 1.59. The number of ether oxygens (including phenoxy) is 1. The lowest BCUT2D eigenvalue weighted by molar-refractivity contribution is 0.303. The minimum absolute atomic E-state index is 0.414. The summed E-state index contributed by atoms with van der Waals surface area (Å²) in [6, 6.07) is 1.00. The molecule has 4 nitrogen and oxygen atoms in total. The zero-order valence-electron chi connectivity index (χ0n) is 8.53. The van der Waals surface area contributed by atoms with Crippen LogP contribution in [0.15, 0.2) is 12.4 Å². The number of anilines is 1. The maximum absolute atomic E-state index is 4.89. The first-order valence-corrected chi connectivity index (χ1v) is 4.92. The Morgan fingerprint density at radius 2 is 2.07 bits per heavy atom. The van der Waals surface area contributed by atoms with Crippen molar-refractivity contribution >= 4 is 5.69 Å². The number of nitrogens with one attached hydrogen (secondary N) is 1. The molecule has 4 heteroatoms. The van der Waals surface area contributed by atoms with E-state index >= 15 is 0 Å². The van der Waals surface area contributed by atoms with Gasteiger partial charge in [0.2, 0.25) is 0 Å². The van der Waals surface area contributed by atoms with Crippen molar-refractivity contribution in [3.63, 3.8) is 0 Å². The molecule has 1 aromatic heterocycles. The van der Waals surface area contributed by atoms with Crippen LogP contribution in [0.3, 0.4) is 0 Å². The number of rotatable bonds is 3. The molecule has 14 heavy (non-hydrogen) atoms. The predicted molar refractivity (Wildman–Crippen MR) is 54.4 cm³/mol. The maximum Gasteiger partial charge on any atom is 0.316 e. The molecule has 0 aliphatic heterocycles. The van der Waals surface area contributed by atoms with Gasteiger partial charge in [-0.05, 0) is 18.8 Å². The van der Waals surface area contributed by atoms with Crippen LogP contribution >= 0.6 is 0 Å². The van der Waals surface area contributed by atoms with Crippen molar-refractivity contribution < 1.29 is 4.74 Å². The molecule has 0 spiro atoms. The smallest absolute Gasteiger partial charge is 0.316 e. The van der Waals surface area contributed by atoms with Gasteiger partial charge in [-0.3, -0.25) is 0 Å². The number of aromatic nitrogens is 2. The van der Waals surface area contributed by atoms with E-state index in [0.29, 0.717) is 12.1 Å². The highest BCUT2D eigenvalue weighted by Gasteiger charge is 2.26. The average molecular weight is 193 g/mol. The number of hydrogen-bond donors (Lipinski definition) is 1. The van der Waals surface area contributed by atoms with Crippen LogP contribution in [0, 0.1) is 5.92 Å². The summed E-state index contributed by atoms with van der Waals surface area (Å²) in [5.41, 5.74) is 0.974. The molecule has 2 unspecified atom stereocenters. The summed E-state index contributed by atoms with van der Waals surface area (Å²) in [5.74, 6) is 0.761. The second-order valence-electron chi connectivity index (χ2n) is 3.76. The summed E-state index contributed by atoms with van der Waals surface area (Å²) in [5, 5.41) is 3.40. The van der Waals surface area contributed by atoms with Crippen molar-refractivity contribution in [1.29, 1.82) is 0 Å². The first kappa shape index (κ1) is 9.24. The normalized spacial score (nSPS) is 25.3. The molecule has 0 aromatic carbocycles. The first-order chi connectivity index (χ1) is 6.79. The van der Waals surface area contributed by atoms with Gasteiger partial charge in [0.05, 0.1) is 25.2 Å². The van der Waals surface area contributed by atoms with Crippen LogP contribution in [0.2, 0.25) is 0 Å². The lowest BCUT2D eigenvalue weighted by Gasteiger charge is -2.35. The third-order valence-electron chi connectivity index (χ3n) is 2.78. The van der Waals surface area contributed by atoms with Crippen LogP contribution < -0.4 is 10.1 Å². The second-order valence-corrected chi connectivity index (χ2v) is 3.76. The highest BCUT2D eigenvalue weighted by molar-refractivity contribution is 5.40. The molecule has 1 aromatic rings. The van der Waals surface area contributed by atoms with E-state index < -0.39 is 0 Å². The molecular weight excluding hydrogens is 178 g/mol. The highest BCUT2D eigenvalue weighted by atomic mass is 16.5. The molecule has 2 atom stereocenters. The fraction of sp³-hybridized carbons (Fsp3) is 0.600. The molecule has 0 radical (unpaired) electrons. The van der Waals surface area contributed by atoms with E-state index in [9.17, 15) is 0 Å². The molecular formula is C10H15N3O. The standard InChI is InChI=1S/C10H15N3O/c1-7-3-4-9(7)13-8-5-11-10(14-2)12-6-8/h5-7,9,13H,3-4H2,1-2H3.